The number of piperidine rings is 1. The number of thiazole rings is 1. The van der Waals surface area contributed by atoms with Crippen molar-refractivity contribution in [2.45, 2.75) is 31.6 Å². The SMILES string of the molecule is O=C1[C@@H]2CC=CC[C@H]2C(=O)N1CN1CCC(c2nc3ccccc3s2)CC1. The quantitative estimate of drug-likeness (QED) is 0.604. The van der Waals surface area contributed by atoms with Gasteiger partial charge in [0.1, 0.15) is 0 Å². The summed E-state index contributed by atoms with van der Waals surface area (Å²) in [5, 5.41) is 1.22. The highest BCUT2D eigenvalue weighted by Crippen LogP contribution is 2.37. The minimum atomic E-state index is -0.122. The van der Waals surface area contributed by atoms with Gasteiger partial charge in [0, 0.05) is 19.0 Å². The number of carbonyl (C=O) groups is 2. The zero-order valence-electron chi connectivity index (χ0n) is 15.2. The molecule has 2 fully saturated rings. The van der Waals surface area contributed by atoms with Gasteiger partial charge in [0.05, 0.1) is 33.7 Å². The van der Waals surface area contributed by atoms with Gasteiger partial charge in [-0.2, -0.15) is 0 Å². The van der Waals surface area contributed by atoms with Crippen molar-refractivity contribution >= 4 is 33.4 Å². The normalized spacial score (nSPS) is 26.9. The highest BCUT2D eigenvalue weighted by Gasteiger charge is 2.47. The summed E-state index contributed by atoms with van der Waals surface area (Å²) >= 11 is 1.80. The van der Waals surface area contributed by atoms with Crippen molar-refractivity contribution in [2.24, 2.45) is 11.8 Å². The Hall–Kier alpha value is -2.05. The molecule has 0 spiro atoms. The highest BCUT2D eigenvalue weighted by atomic mass is 32.1. The standard InChI is InChI=1S/C21H23N3O2S/c25-20-15-5-1-2-6-16(15)21(26)24(20)13-23-11-9-14(10-12-23)19-22-17-7-3-4-8-18(17)27-19/h1-4,7-8,14-16H,5-6,9-13H2/t15-,16-/m1/s1. The molecule has 1 aromatic carbocycles. The first-order valence-corrected chi connectivity index (χ1v) is 10.6. The molecule has 0 unspecified atom stereocenters. The molecule has 5 rings (SSSR count). The Bertz CT molecular complexity index is 854. The van der Waals surface area contributed by atoms with Crippen LogP contribution >= 0.6 is 11.3 Å². The van der Waals surface area contributed by atoms with Crippen LogP contribution in [0, 0.1) is 11.8 Å². The smallest absolute Gasteiger partial charge is 0.234 e. The molecule has 0 bridgehead atoms. The molecule has 0 saturated carbocycles. The lowest BCUT2D eigenvalue weighted by atomic mass is 9.85. The average molecular weight is 382 g/mol. The van der Waals surface area contributed by atoms with Gasteiger partial charge in [-0.25, -0.2) is 4.98 Å². The Morgan fingerprint density at radius 3 is 2.33 bits per heavy atom. The molecule has 140 valence electrons. The Morgan fingerprint density at radius 1 is 1.00 bits per heavy atom. The first-order valence-electron chi connectivity index (χ1n) is 9.79. The predicted octanol–water partition coefficient (Wildman–Crippen LogP) is 3.38. The zero-order chi connectivity index (χ0) is 18.4. The van der Waals surface area contributed by atoms with Gasteiger partial charge < -0.3 is 0 Å². The molecule has 2 atom stereocenters. The van der Waals surface area contributed by atoms with Crippen LogP contribution in [0.15, 0.2) is 36.4 Å². The molecule has 2 aliphatic heterocycles. The minimum absolute atomic E-state index is 0.0302. The molecule has 1 aromatic heterocycles. The van der Waals surface area contributed by atoms with Crippen LogP contribution in [0.1, 0.15) is 36.6 Å². The van der Waals surface area contributed by atoms with E-state index in [2.05, 4.69) is 23.1 Å². The van der Waals surface area contributed by atoms with E-state index in [-0.39, 0.29) is 23.7 Å². The van der Waals surface area contributed by atoms with Gasteiger partial charge >= 0.3 is 0 Å². The van der Waals surface area contributed by atoms with E-state index >= 15 is 0 Å². The van der Waals surface area contributed by atoms with Gasteiger partial charge in [0.2, 0.25) is 11.8 Å². The molecule has 27 heavy (non-hydrogen) atoms. The van der Waals surface area contributed by atoms with E-state index in [1.54, 1.807) is 11.3 Å². The van der Waals surface area contributed by atoms with Gasteiger partial charge in [-0.3, -0.25) is 19.4 Å². The van der Waals surface area contributed by atoms with Crippen molar-refractivity contribution in [2.75, 3.05) is 19.8 Å². The largest absolute Gasteiger partial charge is 0.286 e. The van der Waals surface area contributed by atoms with E-state index in [9.17, 15) is 9.59 Å². The van der Waals surface area contributed by atoms with E-state index in [1.165, 1.54) is 14.6 Å². The number of allylic oxidation sites excluding steroid dienone is 2. The zero-order valence-corrected chi connectivity index (χ0v) is 16.0. The molecule has 2 saturated heterocycles. The van der Waals surface area contributed by atoms with Crippen molar-refractivity contribution in [1.29, 1.82) is 0 Å². The molecule has 3 aliphatic rings. The summed E-state index contributed by atoms with van der Waals surface area (Å²) in [6, 6.07) is 8.30. The molecule has 3 heterocycles. The second-order valence-electron chi connectivity index (χ2n) is 7.81. The van der Waals surface area contributed by atoms with E-state index < -0.39 is 0 Å². The molecule has 6 heteroatoms. The number of fused-ring (bicyclic) bond motifs is 2. The number of hydrogen-bond donors (Lipinski definition) is 0. The number of carbonyl (C=O) groups excluding carboxylic acids is 2. The average Bonchev–Trinajstić information content (AvgIpc) is 3.24. The van der Waals surface area contributed by atoms with Gasteiger partial charge in [0.25, 0.3) is 0 Å². The maximum atomic E-state index is 12.6. The molecule has 2 aromatic rings. The Morgan fingerprint density at radius 2 is 1.67 bits per heavy atom. The van der Waals surface area contributed by atoms with Crippen molar-refractivity contribution in [3.8, 4) is 0 Å². The number of rotatable bonds is 3. The van der Waals surface area contributed by atoms with Crippen LogP contribution in [0.3, 0.4) is 0 Å². The Kier molecular flexibility index (Phi) is 4.32. The van der Waals surface area contributed by atoms with Crippen LogP contribution in [0.4, 0.5) is 0 Å². The molecule has 1 aliphatic carbocycles. The molecule has 2 amide bonds. The van der Waals surface area contributed by atoms with Crippen molar-refractivity contribution in [3.05, 3.63) is 41.4 Å². The number of likely N-dealkylation sites (tertiary alicyclic amines) is 2. The lowest BCUT2D eigenvalue weighted by Gasteiger charge is -2.33. The summed E-state index contributed by atoms with van der Waals surface area (Å²) in [5.74, 6) is 0.297. The van der Waals surface area contributed by atoms with Crippen LogP contribution in [0.2, 0.25) is 0 Å². The van der Waals surface area contributed by atoms with Crippen LogP contribution < -0.4 is 0 Å². The summed E-state index contributed by atoms with van der Waals surface area (Å²) < 4.78 is 1.25. The fraction of sp³-hybridized carbons (Fsp3) is 0.476. The monoisotopic (exact) mass is 381 g/mol. The van der Waals surface area contributed by atoms with Crippen LogP contribution in [0.25, 0.3) is 10.2 Å². The number of aromatic nitrogens is 1. The summed E-state index contributed by atoms with van der Waals surface area (Å²) in [6.45, 7) is 2.27. The number of benzene rings is 1. The van der Waals surface area contributed by atoms with Gasteiger partial charge in [0.15, 0.2) is 0 Å². The maximum Gasteiger partial charge on any atom is 0.234 e. The van der Waals surface area contributed by atoms with Crippen LogP contribution in [-0.2, 0) is 9.59 Å². The lowest BCUT2D eigenvalue weighted by molar-refractivity contribution is -0.142. The van der Waals surface area contributed by atoms with Gasteiger partial charge in [-0.05, 0) is 37.8 Å². The first kappa shape index (κ1) is 17.1. The predicted molar refractivity (Wildman–Crippen MR) is 105 cm³/mol. The summed E-state index contributed by atoms with van der Waals surface area (Å²) in [4.78, 5) is 33.9. The van der Waals surface area contributed by atoms with E-state index in [1.807, 2.05) is 18.2 Å². The lowest BCUT2D eigenvalue weighted by Crippen LogP contribution is -2.44. The minimum Gasteiger partial charge on any atom is -0.286 e. The third-order valence-electron chi connectivity index (χ3n) is 6.19. The van der Waals surface area contributed by atoms with E-state index in [0.29, 0.717) is 25.4 Å². The second kappa shape index (κ2) is 6.84. The third kappa shape index (κ3) is 3.01. The number of para-hydroxylation sites is 1. The van der Waals surface area contributed by atoms with Crippen molar-refractivity contribution < 1.29 is 9.59 Å². The highest BCUT2D eigenvalue weighted by molar-refractivity contribution is 7.18. The molecular formula is C21H23N3O2S. The number of nitrogens with zero attached hydrogens (tertiary/aromatic N) is 3. The summed E-state index contributed by atoms with van der Waals surface area (Å²) in [6.07, 6.45) is 7.57. The molecule has 5 nitrogen and oxygen atoms in total. The second-order valence-corrected chi connectivity index (χ2v) is 8.88. The first-order chi connectivity index (χ1) is 13.2. The summed E-state index contributed by atoms with van der Waals surface area (Å²) in [7, 11) is 0. The van der Waals surface area contributed by atoms with Crippen molar-refractivity contribution in [3.63, 3.8) is 0 Å². The Labute approximate surface area is 162 Å². The fourth-order valence-corrected chi connectivity index (χ4v) is 5.73. The van der Waals surface area contributed by atoms with Gasteiger partial charge in [-0.1, -0.05) is 24.3 Å². The van der Waals surface area contributed by atoms with Crippen LogP contribution in [-0.4, -0.2) is 46.4 Å². The fourth-order valence-electron chi connectivity index (χ4n) is 4.59. The maximum absolute atomic E-state index is 12.6. The third-order valence-corrected chi connectivity index (χ3v) is 7.39. The summed E-state index contributed by atoms with van der Waals surface area (Å²) in [5.41, 5.74) is 1.09. The molecule has 0 N–H and O–H groups in total. The van der Waals surface area contributed by atoms with Crippen LogP contribution in [0.5, 0.6) is 0 Å². The number of hydrogen-bond acceptors (Lipinski definition) is 5. The number of amides is 2. The Balaban J connectivity index is 1.22. The van der Waals surface area contributed by atoms with Gasteiger partial charge in [-0.15, -0.1) is 11.3 Å². The van der Waals surface area contributed by atoms with E-state index in [0.717, 1.165) is 31.4 Å². The number of imide groups is 1. The molecular weight excluding hydrogens is 358 g/mol. The van der Waals surface area contributed by atoms with Crippen molar-refractivity contribution in [1.82, 2.24) is 14.8 Å². The molecule has 0 radical (unpaired) electrons. The topological polar surface area (TPSA) is 53.5 Å². The van der Waals surface area contributed by atoms with E-state index in [4.69, 9.17) is 4.98 Å².